The molecule has 0 fully saturated rings. The molecule has 0 aromatic heterocycles. The van der Waals surface area contributed by atoms with E-state index in [0.29, 0.717) is 0 Å². The van der Waals surface area contributed by atoms with E-state index in [2.05, 4.69) is 21.3 Å². The van der Waals surface area contributed by atoms with Crippen molar-refractivity contribution in [3.63, 3.8) is 0 Å². The Hall–Kier alpha value is 0.723. The predicted octanol–water partition coefficient (Wildman–Crippen LogP) is 2.48. The molecule has 0 heterocycles. The zero-order chi connectivity index (χ0) is 10.8. The first-order valence-electron chi connectivity index (χ1n) is 3.58. The molecule has 4 nitrogen and oxygen atoms in total. The van der Waals surface area contributed by atoms with E-state index >= 15 is 0 Å². The van der Waals surface area contributed by atoms with E-state index in [4.69, 9.17) is 0 Å². The summed E-state index contributed by atoms with van der Waals surface area (Å²) in [6.45, 7) is 0. The van der Waals surface area contributed by atoms with Crippen LogP contribution in [-0.4, -0.2) is 56.4 Å². The number of nitrogens with zero attached hydrogens (tertiary/aromatic N) is 4. The first-order chi connectivity index (χ1) is 5.66. The summed E-state index contributed by atoms with van der Waals surface area (Å²) >= 11 is 0. The van der Waals surface area contributed by atoms with E-state index in [9.17, 15) is 0 Å². The van der Waals surface area contributed by atoms with Gasteiger partial charge in [-0.15, -0.1) is 0 Å². The maximum absolute atomic E-state index is 3.50. The predicted molar refractivity (Wildman–Crippen MR) is 60.8 cm³/mol. The van der Waals surface area contributed by atoms with Crippen LogP contribution in [0.3, 0.4) is 0 Å². The van der Waals surface area contributed by atoms with Gasteiger partial charge in [0.05, 0.1) is 0 Å². The second kappa shape index (κ2) is 78.4. The molecule has 0 rings (SSSR count). The Balaban J connectivity index is -0.0000000213. The summed E-state index contributed by atoms with van der Waals surface area (Å²) in [5.41, 5.74) is 0. The average Bonchev–Trinajstić information content (AvgIpc) is 1.92. The van der Waals surface area contributed by atoms with Crippen LogP contribution < -0.4 is 0 Å². The molecule has 0 aromatic rings. The number of hydrogen-bond acceptors (Lipinski definition) is 0. The standard InChI is InChI=1S/4C2H6N.Zr/c4*1-3-2;/h4*1-2H3;/q4*-1;+4. The van der Waals surface area contributed by atoms with Gasteiger partial charge in [-0.25, -0.2) is 0 Å². The van der Waals surface area contributed by atoms with Crippen molar-refractivity contribution in [1.29, 1.82) is 0 Å². The zero-order valence-electron chi connectivity index (χ0n) is 10.3. The summed E-state index contributed by atoms with van der Waals surface area (Å²) in [4.78, 5) is 0. The van der Waals surface area contributed by atoms with Gasteiger partial charge in [0.1, 0.15) is 0 Å². The molecular weight excluding hydrogens is 243 g/mol. The Morgan fingerprint density at radius 3 is 0.385 bits per heavy atom. The van der Waals surface area contributed by atoms with Crippen molar-refractivity contribution in [3.8, 4) is 0 Å². The van der Waals surface area contributed by atoms with E-state index in [1.54, 1.807) is 56.4 Å². The molecule has 0 aliphatic carbocycles. The van der Waals surface area contributed by atoms with E-state index < -0.39 is 0 Å². The van der Waals surface area contributed by atoms with Crippen molar-refractivity contribution < 1.29 is 26.2 Å². The third-order valence-electron chi connectivity index (χ3n) is 0. The van der Waals surface area contributed by atoms with Crippen LogP contribution in [0.1, 0.15) is 0 Å². The largest absolute Gasteiger partial charge is 4.00 e. The van der Waals surface area contributed by atoms with Crippen LogP contribution >= 0.6 is 0 Å². The summed E-state index contributed by atoms with van der Waals surface area (Å²) in [5, 5.41) is 14.0. The van der Waals surface area contributed by atoms with E-state index in [1.165, 1.54) is 0 Å². The maximum Gasteiger partial charge on any atom is 4.00 e. The van der Waals surface area contributed by atoms with Gasteiger partial charge in [0.2, 0.25) is 0 Å². The molecule has 80 valence electrons. The summed E-state index contributed by atoms with van der Waals surface area (Å²) in [6, 6.07) is 0. The third-order valence-corrected chi connectivity index (χ3v) is 0. The molecular formula is C8H24N4Zr. The quantitative estimate of drug-likeness (QED) is 0.647. The van der Waals surface area contributed by atoms with Crippen molar-refractivity contribution in [2.45, 2.75) is 0 Å². The summed E-state index contributed by atoms with van der Waals surface area (Å²) in [5.74, 6) is 0. The molecule has 0 unspecified atom stereocenters. The molecule has 0 aromatic carbocycles. The fraction of sp³-hybridized carbons (Fsp3) is 1.00. The molecule has 0 aliphatic heterocycles. The second-order valence-corrected chi connectivity index (χ2v) is 1.79. The molecule has 0 amide bonds. The van der Waals surface area contributed by atoms with Crippen LogP contribution in [0.4, 0.5) is 0 Å². The number of rotatable bonds is 0. The molecule has 0 aliphatic rings. The van der Waals surface area contributed by atoms with Crippen LogP contribution in [0.25, 0.3) is 21.3 Å². The molecule has 0 radical (unpaired) electrons. The Morgan fingerprint density at radius 1 is 0.385 bits per heavy atom. The van der Waals surface area contributed by atoms with Crippen molar-refractivity contribution >= 4 is 0 Å². The van der Waals surface area contributed by atoms with Crippen molar-refractivity contribution in [2.75, 3.05) is 56.4 Å². The minimum Gasteiger partial charge on any atom is -0.668 e. The molecule has 5 heteroatoms. The average molecular weight is 268 g/mol. The number of hydrogen-bond donors (Lipinski definition) is 0. The first kappa shape index (κ1) is 29.2. The summed E-state index contributed by atoms with van der Waals surface area (Å²) < 4.78 is 0. The minimum atomic E-state index is 0. The van der Waals surface area contributed by atoms with Gasteiger partial charge in [0, 0.05) is 0 Å². The normalized spacial score (nSPS) is 5.54. The van der Waals surface area contributed by atoms with Gasteiger partial charge in [-0.1, -0.05) is 0 Å². The van der Waals surface area contributed by atoms with E-state index in [0.717, 1.165) is 0 Å². The van der Waals surface area contributed by atoms with Gasteiger partial charge in [0.25, 0.3) is 0 Å². The van der Waals surface area contributed by atoms with Crippen molar-refractivity contribution in [2.24, 2.45) is 0 Å². The monoisotopic (exact) mass is 266 g/mol. The van der Waals surface area contributed by atoms with Gasteiger partial charge in [0.15, 0.2) is 0 Å². The Labute approximate surface area is 104 Å². The Bertz CT molecular complexity index is 24.1. The van der Waals surface area contributed by atoms with Gasteiger partial charge in [-0.3, -0.25) is 0 Å². The van der Waals surface area contributed by atoms with Crippen LogP contribution in [0, 0.1) is 0 Å². The topological polar surface area (TPSA) is 56.4 Å². The molecule has 0 saturated heterocycles. The fourth-order valence-corrected chi connectivity index (χ4v) is 0. The van der Waals surface area contributed by atoms with Crippen LogP contribution in [0.2, 0.25) is 0 Å². The molecule has 0 spiro atoms. The molecule has 0 bridgehead atoms. The molecule has 13 heavy (non-hydrogen) atoms. The smallest absolute Gasteiger partial charge is 0.668 e. The molecule has 0 saturated carbocycles. The Kier molecular flexibility index (Phi) is 176. The third kappa shape index (κ3) is 2800. The van der Waals surface area contributed by atoms with Crippen LogP contribution in [0.5, 0.6) is 0 Å². The molecule has 0 atom stereocenters. The molecule has 0 N–H and O–H groups in total. The SMILES string of the molecule is C[N-]C.C[N-]C.C[N-]C.C[N-]C.[Zr+4]. The second-order valence-electron chi connectivity index (χ2n) is 1.79. The van der Waals surface area contributed by atoms with Gasteiger partial charge < -0.3 is 21.3 Å². The van der Waals surface area contributed by atoms with E-state index in [-0.39, 0.29) is 26.2 Å². The first-order valence-corrected chi connectivity index (χ1v) is 3.58. The van der Waals surface area contributed by atoms with Gasteiger partial charge in [-0.2, -0.15) is 56.4 Å². The van der Waals surface area contributed by atoms with Gasteiger partial charge in [-0.05, 0) is 0 Å². The van der Waals surface area contributed by atoms with Crippen LogP contribution in [0.15, 0.2) is 0 Å². The maximum atomic E-state index is 3.50. The minimum absolute atomic E-state index is 0. The summed E-state index contributed by atoms with van der Waals surface area (Å²) in [7, 11) is 14.0. The summed E-state index contributed by atoms with van der Waals surface area (Å²) in [6.07, 6.45) is 0. The Morgan fingerprint density at radius 2 is 0.385 bits per heavy atom. The van der Waals surface area contributed by atoms with Crippen LogP contribution in [-0.2, 0) is 26.2 Å². The van der Waals surface area contributed by atoms with Crippen molar-refractivity contribution in [3.05, 3.63) is 21.3 Å². The van der Waals surface area contributed by atoms with Crippen molar-refractivity contribution in [1.82, 2.24) is 0 Å². The van der Waals surface area contributed by atoms with Gasteiger partial charge >= 0.3 is 26.2 Å². The fourth-order valence-electron chi connectivity index (χ4n) is 0. The zero-order valence-corrected chi connectivity index (χ0v) is 12.7. The van der Waals surface area contributed by atoms with E-state index in [1.807, 2.05) is 0 Å².